The molecule has 0 aliphatic heterocycles. The topological polar surface area (TPSA) is 9.23 Å². The van der Waals surface area contributed by atoms with Gasteiger partial charge >= 0.3 is 0 Å². The second kappa shape index (κ2) is 21.8. The van der Waals surface area contributed by atoms with Gasteiger partial charge < -0.3 is 9.22 Å². The lowest BCUT2D eigenvalue weighted by atomic mass is 10.0. The molecule has 0 radical (unpaired) electrons. The predicted molar refractivity (Wildman–Crippen MR) is 170 cm³/mol. The fourth-order valence-corrected chi connectivity index (χ4v) is 5.79. The SMILES string of the molecule is Cc1cccc(OCC[N+](CCCCCCC(C)C)(CCCCCCC(C)C)CCCCCCC(C)C)c1. The number of quaternary nitrogens is 1. The van der Waals surface area contributed by atoms with Crippen LogP contribution < -0.4 is 4.74 Å². The number of hydrogen-bond donors (Lipinski definition) is 0. The van der Waals surface area contributed by atoms with E-state index < -0.39 is 0 Å². The van der Waals surface area contributed by atoms with Crippen LogP contribution >= 0.6 is 0 Å². The first-order chi connectivity index (χ1) is 18.2. The van der Waals surface area contributed by atoms with Gasteiger partial charge in [0.2, 0.25) is 0 Å². The molecule has 1 aromatic carbocycles. The fraction of sp³-hybridized carbons (Fsp3) is 0.833. The highest BCUT2D eigenvalue weighted by Gasteiger charge is 2.26. The van der Waals surface area contributed by atoms with E-state index in [1.165, 1.54) is 126 Å². The van der Waals surface area contributed by atoms with E-state index in [0.717, 1.165) is 36.7 Å². The Labute approximate surface area is 239 Å². The molecule has 0 aliphatic carbocycles. The zero-order chi connectivity index (χ0) is 28.1. The van der Waals surface area contributed by atoms with Crippen LogP contribution in [0.15, 0.2) is 24.3 Å². The van der Waals surface area contributed by atoms with Gasteiger partial charge in [0.25, 0.3) is 0 Å². The summed E-state index contributed by atoms with van der Waals surface area (Å²) in [6.45, 7) is 22.4. The molecule has 0 saturated carbocycles. The van der Waals surface area contributed by atoms with Crippen LogP contribution in [0.4, 0.5) is 0 Å². The number of unbranched alkanes of at least 4 members (excludes halogenated alkanes) is 9. The highest BCUT2D eigenvalue weighted by atomic mass is 16.5. The molecule has 38 heavy (non-hydrogen) atoms. The largest absolute Gasteiger partial charge is 0.488 e. The summed E-state index contributed by atoms with van der Waals surface area (Å²) >= 11 is 0. The average Bonchev–Trinajstić information content (AvgIpc) is 2.85. The van der Waals surface area contributed by atoms with Gasteiger partial charge in [0.05, 0.1) is 19.6 Å². The molecule has 222 valence electrons. The molecule has 2 nitrogen and oxygen atoms in total. The summed E-state index contributed by atoms with van der Waals surface area (Å²) in [4.78, 5) is 0. The Morgan fingerprint density at radius 1 is 0.553 bits per heavy atom. The van der Waals surface area contributed by atoms with Crippen molar-refractivity contribution in [2.45, 2.75) is 145 Å². The average molecular weight is 531 g/mol. The highest BCUT2D eigenvalue weighted by molar-refractivity contribution is 5.27. The maximum atomic E-state index is 6.34. The molecule has 0 aromatic heterocycles. The predicted octanol–water partition coefficient (Wildman–Crippen LogP) is 11.0. The zero-order valence-corrected chi connectivity index (χ0v) is 27.0. The van der Waals surface area contributed by atoms with Gasteiger partial charge in [-0.25, -0.2) is 0 Å². The quantitative estimate of drug-likeness (QED) is 0.0902. The summed E-state index contributed by atoms with van der Waals surface area (Å²) < 4.78 is 7.62. The van der Waals surface area contributed by atoms with Crippen molar-refractivity contribution in [2.75, 3.05) is 32.8 Å². The van der Waals surface area contributed by atoms with Gasteiger partial charge in [-0.1, -0.05) is 111 Å². The minimum atomic E-state index is 0.843. The Kier molecular flexibility index (Phi) is 20.0. The highest BCUT2D eigenvalue weighted by Crippen LogP contribution is 2.20. The molecule has 0 bridgehead atoms. The minimum Gasteiger partial charge on any atom is -0.488 e. The molecule has 0 atom stereocenters. The molecule has 0 fully saturated rings. The van der Waals surface area contributed by atoms with E-state index in [4.69, 9.17) is 4.74 Å². The number of hydrogen-bond acceptors (Lipinski definition) is 1. The zero-order valence-electron chi connectivity index (χ0n) is 27.0. The Bertz CT molecular complexity index is 615. The van der Waals surface area contributed by atoms with Gasteiger partial charge in [0.15, 0.2) is 0 Å². The molecule has 0 unspecified atom stereocenters. The monoisotopic (exact) mass is 531 g/mol. The van der Waals surface area contributed by atoms with E-state index in [2.05, 4.69) is 72.7 Å². The van der Waals surface area contributed by atoms with E-state index in [1.807, 2.05) is 0 Å². The van der Waals surface area contributed by atoms with Crippen molar-refractivity contribution in [3.8, 4) is 5.75 Å². The van der Waals surface area contributed by atoms with E-state index in [9.17, 15) is 0 Å². The van der Waals surface area contributed by atoms with E-state index >= 15 is 0 Å². The lowest BCUT2D eigenvalue weighted by Gasteiger charge is -2.39. The Balaban J connectivity index is 2.74. The minimum absolute atomic E-state index is 0.843. The van der Waals surface area contributed by atoms with Gasteiger partial charge in [-0.2, -0.15) is 0 Å². The molecular formula is C36H68NO+. The first-order valence-corrected chi connectivity index (χ1v) is 16.8. The molecule has 0 aliphatic rings. The standard InChI is InChI=1S/C36H68NO/c1-32(2)21-14-8-11-17-26-37(27-18-12-9-15-22-33(3)4,28-19-13-10-16-23-34(5)6)29-30-38-36-25-20-24-35(7)31-36/h20,24-25,31-34H,8-19,21-23,26-30H2,1-7H3/q+1. The first-order valence-electron chi connectivity index (χ1n) is 16.8. The summed E-state index contributed by atoms with van der Waals surface area (Å²) in [5.41, 5.74) is 1.28. The third-order valence-electron chi connectivity index (χ3n) is 8.32. The van der Waals surface area contributed by atoms with Crippen LogP contribution in [0.3, 0.4) is 0 Å². The molecule has 1 aromatic rings. The summed E-state index contributed by atoms with van der Waals surface area (Å²) in [5.74, 6) is 3.57. The molecular weight excluding hydrogens is 462 g/mol. The van der Waals surface area contributed by atoms with Crippen LogP contribution in [0.1, 0.15) is 143 Å². The van der Waals surface area contributed by atoms with Crippen LogP contribution in [0.2, 0.25) is 0 Å². The normalized spacial score (nSPS) is 12.3. The van der Waals surface area contributed by atoms with Gasteiger partial charge in [-0.15, -0.1) is 0 Å². The molecule has 2 heteroatoms. The van der Waals surface area contributed by atoms with E-state index in [0.29, 0.717) is 0 Å². The maximum Gasteiger partial charge on any atom is 0.137 e. The van der Waals surface area contributed by atoms with Crippen molar-refractivity contribution >= 4 is 0 Å². The number of rotatable bonds is 25. The van der Waals surface area contributed by atoms with Crippen LogP contribution in [0, 0.1) is 24.7 Å². The summed E-state index contributed by atoms with van der Waals surface area (Å²) in [6.07, 6.45) is 20.9. The van der Waals surface area contributed by atoms with Crippen LogP contribution in [0.25, 0.3) is 0 Å². The third-order valence-corrected chi connectivity index (χ3v) is 8.32. The molecule has 0 spiro atoms. The second-order valence-corrected chi connectivity index (χ2v) is 13.7. The molecule has 0 amide bonds. The summed E-state index contributed by atoms with van der Waals surface area (Å²) in [7, 11) is 0. The van der Waals surface area contributed by atoms with Crippen molar-refractivity contribution in [3.63, 3.8) is 0 Å². The molecule has 0 heterocycles. The lowest BCUT2D eigenvalue weighted by molar-refractivity contribution is -0.928. The van der Waals surface area contributed by atoms with Gasteiger partial charge in [0, 0.05) is 0 Å². The Morgan fingerprint density at radius 2 is 0.974 bits per heavy atom. The van der Waals surface area contributed by atoms with Crippen LogP contribution in [-0.4, -0.2) is 37.3 Å². The van der Waals surface area contributed by atoms with Crippen molar-refractivity contribution in [3.05, 3.63) is 29.8 Å². The van der Waals surface area contributed by atoms with Crippen LogP contribution in [-0.2, 0) is 0 Å². The maximum absolute atomic E-state index is 6.34. The van der Waals surface area contributed by atoms with Gasteiger partial charge in [-0.05, 0) is 80.9 Å². The third kappa shape index (κ3) is 19.1. The van der Waals surface area contributed by atoms with Crippen molar-refractivity contribution in [1.82, 2.24) is 0 Å². The van der Waals surface area contributed by atoms with Gasteiger partial charge in [0.1, 0.15) is 18.9 Å². The Hall–Kier alpha value is -1.02. The molecule has 0 N–H and O–H groups in total. The van der Waals surface area contributed by atoms with Crippen molar-refractivity contribution in [1.29, 1.82) is 0 Å². The number of aryl methyl sites for hydroxylation is 1. The smallest absolute Gasteiger partial charge is 0.137 e. The number of ether oxygens (including phenoxy) is 1. The fourth-order valence-electron chi connectivity index (χ4n) is 5.79. The number of nitrogens with zero attached hydrogens (tertiary/aromatic N) is 1. The van der Waals surface area contributed by atoms with E-state index in [-0.39, 0.29) is 0 Å². The van der Waals surface area contributed by atoms with Crippen LogP contribution in [0.5, 0.6) is 5.75 Å². The lowest BCUT2D eigenvalue weighted by Crippen LogP contribution is -2.52. The van der Waals surface area contributed by atoms with E-state index in [1.54, 1.807) is 0 Å². The summed E-state index contributed by atoms with van der Waals surface area (Å²) in [6, 6.07) is 8.59. The first kappa shape index (κ1) is 35.0. The second-order valence-electron chi connectivity index (χ2n) is 13.7. The summed E-state index contributed by atoms with van der Waals surface area (Å²) in [5, 5.41) is 0. The molecule has 1 rings (SSSR count). The van der Waals surface area contributed by atoms with Gasteiger partial charge in [-0.3, -0.25) is 0 Å². The van der Waals surface area contributed by atoms with Crippen molar-refractivity contribution in [2.24, 2.45) is 17.8 Å². The number of benzene rings is 1. The molecule has 0 saturated heterocycles. The Morgan fingerprint density at radius 3 is 1.37 bits per heavy atom. The van der Waals surface area contributed by atoms with Crippen molar-refractivity contribution < 1.29 is 9.22 Å².